The fraction of sp³-hybridized carbons (Fsp3) is 0.277. The molecule has 0 bridgehead atoms. The molecule has 0 atom stereocenters. The maximum absolute atomic E-state index is 13.6. The van der Waals surface area contributed by atoms with Gasteiger partial charge in [0.25, 0.3) is 23.6 Å². The molecule has 0 spiro atoms. The summed E-state index contributed by atoms with van der Waals surface area (Å²) in [5.74, 6) is 0.513. The number of aryl methyl sites for hydroxylation is 5. The molecular formula is C112H110F4N12O9S. The molecule has 4 amide bonds. The van der Waals surface area contributed by atoms with Gasteiger partial charge in [-0.3, -0.25) is 24.0 Å². The molecule has 21 nitrogen and oxygen atoms in total. The number of halogens is 4. The van der Waals surface area contributed by atoms with Crippen LogP contribution in [0.1, 0.15) is 240 Å². The van der Waals surface area contributed by atoms with Crippen LogP contribution in [-0.2, 0) is 0 Å². The highest BCUT2D eigenvalue weighted by Crippen LogP contribution is 2.45. The summed E-state index contributed by atoms with van der Waals surface area (Å²) in [6.45, 7) is 11.5. The summed E-state index contributed by atoms with van der Waals surface area (Å²) in [6, 6.07) is 64.8. The molecule has 0 radical (unpaired) electrons. The van der Waals surface area contributed by atoms with Crippen molar-refractivity contribution in [1.82, 2.24) is 38.2 Å². The van der Waals surface area contributed by atoms with Gasteiger partial charge in [0.2, 0.25) is 0 Å². The molecule has 706 valence electrons. The molecule has 8 aromatic carbocycles. The third-order valence-corrected chi connectivity index (χ3v) is 27.0. The second-order valence-electron chi connectivity index (χ2n) is 36.0. The zero-order chi connectivity index (χ0) is 96.0. The van der Waals surface area contributed by atoms with Gasteiger partial charge in [0.15, 0.2) is 51.9 Å². The minimum atomic E-state index is -0.413. The Labute approximate surface area is 803 Å². The molecule has 20 rings (SSSR count). The van der Waals surface area contributed by atoms with Crippen molar-refractivity contribution in [3.63, 3.8) is 0 Å². The average Bonchev–Trinajstić information content (AvgIpc) is 1.64. The monoisotopic (exact) mass is 1870 g/mol. The van der Waals surface area contributed by atoms with E-state index < -0.39 is 5.91 Å². The van der Waals surface area contributed by atoms with Crippen molar-refractivity contribution in [2.75, 3.05) is 27.5 Å². The molecule has 0 unspecified atom stereocenters. The van der Waals surface area contributed by atoms with E-state index in [4.69, 9.17) is 22.7 Å². The number of hydrogen-bond acceptors (Lipinski definition) is 14. The van der Waals surface area contributed by atoms with Crippen LogP contribution in [0.15, 0.2) is 272 Å². The van der Waals surface area contributed by atoms with Gasteiger partial charge in [-0.2, -0.15) is 0 Å². The van der Waals surface area contributed by atoms with Gasteiger partial charge in [0.1, 0.15) is 46.0 Å². The van der Waals surface area contributed by atoms with Crippen molar-refractivity contribution < 1.29 is 59.2 Å². The summed E-state index contributed by atoms with van der Waals surface area (Å²) >= 11 is 1.62. The molecular weight excluding hydrogens is 1770 g/mol. The first kappa shape index (κ1) is 95.1. The van der Waals surface area contributed by atoms with Crippen LogP contribution in [0.3, 0.4) is 0 Å². The summed E-state index contributed by atoms with van der Waals surface area (Å²) in [5, 5.41) is 11.6. The van der Waals surface area contributed by atoms with E-state index in [-0.39, 0.29) is 75.9 Å². The molecule has 8 heterocycles. The maximum Gasteiger partial charge on any atom is 0.291 e. The van der Waals surface area contributed by atoms with E-state index in [1.807, 2.05) is 139 Å². The lowest BCUT2D eigenvalue weighted by molar-refractivity contribution is 0.0990. The Hall–Kier alpha value is -14.7. The number of rotatable bonds is 22. The van der Waals surface area contributed by atoms with Crippen molar-refractivity contribution in [3.05, 3.63) is 329 Å². The van der Waals surface area contributed by atoms with E-state index in [9.17, 15) is 41.5 Å². The summed E-state index contributed by atoms with van der Waals surface area (Å²) in [7, 11) is 0. The van der Waals surface area contributed by atoms with Gasteiger partial charge in [-0.05, 0) is 309 Å². The van der Waals surface area contributed by atoms with Gasteiger partial charge in [-0.1, -0.05) is 119 Å². The highest BCUT2D eigenvalue weighted by atomic mass is 32.2. The molecule has 0 aliphatic heterocycles. The SMILES string of the molecule is CC(=O)c1cccc(NC(=O)c2ccc(-c3c(-c4ccc(F)cc4)ncn3C3CCCCC3)o2)c1.CSc1cccc(NC(=O)c2ccc(-c3c(-c4ccc(F)cc4)ncn3C3CCCCC3)o2)c1.Cc1cc(C)c(NC(=O)c2ccc(-c3c(-c4ccc(F)cc4)ncn3C3CCCCC3)o2)c(C)c1.Cc1ccc(NC(=O)c2ccc(-c3c(-c4ccc(F)cc4)ncn3C3CCCCC3)o2)cc1C. The van der Waals surface area contributed by atoms with Crippen LogP contribution in [0.2, 0.25) is 0 Å². The average molecular weight is 1880 g/mol. The Balaban J connectivity index is 0.000000127. The van der Waals surface area contributed by atoms with E-state index in [2.05, 4.69) is 54.5 Å². The number of benzene rings is 8. The number of Topliss-reactive ketones (excluding diaryl/α,β-unsaturated/α-hetero) is 1. The van der Waals surface area contributed by atoms with E-state index in [1.165, 1.54) is 125 Å². The number of imidazole rings is 4. The highest BCUT2D eigenvalue weighted by Gasteiger charge is 2.32. The second kappa shape index (κ2) is 43.6. The summed E-state index contributed by atoms with van der Waals surface area (Å²) in [4.78, 5) is 83.3. The van der Waals surface area contributed by atoms with Crippen molar-refractivity contribution >= 4 is 63.9 Å². The number of amides is 4. The number of thioether (sulfide) groups is 1. The number of furan rings is 4. The van der Waals surface area contributed by atoms with E-state index >= 15 is 0 Å². The van der Waals surface area contributed by atoms with Gasteiger partial charge < -0.3 is 57.2 Å². The van der Waals surface area contributed by atoms with Crippen LogP contribution >= 0.6 is 11.8 Å². The van der Waals surface area contributed by atoms with Gasteiger partial charge in [-0.15, -0.1) is 11.8 Å². The van der Waals surface area contributed by atoms with Gasteiger partial charge >= 0.3 is 0 Å². The van der Waals surface area contributed by atoms with Gasteiger partial charge in [0.05, 0.1) is 48.1 Å². The minimum absolute atomic E-state index is 0.0781. The molecule has 16 aromatic rings. The standard InChI is InChI=1S/C29H30FN3O2.C28H26FN3O3.C28H28FN3O2.C27H26FN3O2S/c1-18-15-19(2)26(20(3)16-18)32-29(34)25-14-13-24(35-25)28-27(21-9-11-22(30)12-10-21)31-17-33(28)23-7-5-4-6-8-23;1-18(33)20-6-5-7-22(16-20)31-28(34)25-15-14-24(35-25)27-26(19-10-12-21(29)13-11-19)30-17-32(27)23-8-3-2-4-9-23;1-18-8-13-22(16-19(18)2)31-28(33)25-15-14-24(34-25)27-26(20-9-11-21(29)12-10-20)30-17-32(27)23-6-4-3-5-7-23;1-34-22-9-5-6-20(16-22)30-27(32)24-15-14-23(33-24)26-25(18-10-12-19(28)13-11-18)29-17-31(26)21-7-3-2-4-8-21/h9-17,23H,4-8H2,1-3H3,(H,32,34);5-7,10-17,23H,2-4,8-9H2,1H3,(H,31,34);8-17,23H,3-7H2,1-2H3,(H,31,33);5-6,9-17,21H,2-4,7-8H2,1H3,(H,30,32). The van der Waals surface area contributed by atoms with Crippen LogP contribution in [0.5, 0.6) is 0 Å². The molecule has 8 aromatic heterocycles. The van der Waals surface area contributed by atoms with E-state index in [0.29, 0.717) is 63.8 Å². The number of carbonyl (C=O) groups is 5. The molecule has 4 saturated carbocycles. The number of ketones is 1. The first-order chi connectivity index (χ1) is 67.0. The normalized spacial score (nSPS) is 14.3. The number of hydrogen-bond donors (Lipinski definition) is 4. The van der Waals surface area contributed by atoms with Crippen LogP contribution < -0.4 is 21.3 Å². The van der Waals surface area contributed by atoms with Gasteiger partial charge in [-0.25, -0.2) is 37.5 Å². The summed E-state index contributed by atoms with van der Waals surface area (Å²) in [6.07, 6.45) is 32.2. The van der Waals surface area contributed by atoms with Crippen LogP contribution in [0, 0.1) is 57.9 Å². The van der Waals surface area contributed by atoms with Crippen molar-refractivity contribution in [2.45, 2.75) is 199 Å². The maximum atomic E-state index is 13.6. The zero-order valence-electron chi connectivity index (χ0n) is 78.3. The molecule has 4 N–H and O–H groups in total. The van der Waals surface area contributed by atoms with E-state index in [0.717, 1.165) is 165 Å². The molecule has 4 fully saturated rings. The van der Waals surface area contributed by atoms with Crippen LogP contribution in [-0.4, -0.2) is 73.9 Å². The van der Waals surface area contributed by atoms with Crippen molar-refractivity contribution in [2.24, 2.45) is 0 Å². The Morgan fingerprint density at radius 3 is 0.920 bits per heavy atom. The third kappa shape index (κ3) is 22.4. The highest BCUT2D eigenvalue weighted by molar-refractivity contribution is 7.98. The Morgan fingerprint density at radius 2 is 0.616 bits per heavy atom. The Bertz CT molecular complexity index is 6970. The largest absolute Gasteiger partial charge is 0.449 e. The van der Waals surface area contributed by atoms with Crippen LogP contribution in [0.4, 0.5) is 40.3 Å². The Morgan fingerprint density at radius 1 is 0.319 bits per heavy atom. The predicted octanol–water partition coefficient (Wildman–Crippen LogP) is 29.3. The molecule has 138 heavy (non-hydrogen) atoms. The Kier molecular flexibility index (Phi) is 30.0. The fourth-order valence-corrected chi connectivity index (χ4v) is 19.5. The third-order valence-electron chi connectivity index (χ3n) is 26.3. The first-order valence-electron chi connectivity index (χ1n) is 47.4. The number of nitrogens with one attached hydrogen (secondary N) is 4. The lowest BCUT2D eigenvalue weighted by Crippen LogP contribution is -2.13. The lowest BCUT2D eigenvalue weighted by atomic mass is 9.95. The number of anilines is 4. The number of carbonyl (C=O) groups excluding carboxylic acids is 5. The minimum Gasteiger partial charge on any atom is -0.449 e. The van der Waals surface area contributed by atoms with Gasteiger partial charge in [0, 0.05) is 79.6 Å². The molecule has 0 saturated heterocycles. The lowest BCUT2D eigenvalue weighted by Gasteiger charge is -2.24. The number of aromatic nitrogens is 8. The summed E-state index contributed by atoms with van der Waals surface area (Å²) < 4.78 is 87.2. The second-order valence-corrected chi connectivity index (χ2v) is 36.9. The first-order valence-corrected chi connectivity index (χ1v) is 48.6. The quantitative estimate of drug-likeness (QED) is 0.0280. The topological polar surface area (TPSA) is 257 Å². The predicted molar refractivity (Wildman–Crippen MR) is 533 cm³/mol. The van der Waals surface area contributed by atoms with E-state index in [1.54, 1.807) is 115 Å². The number of nitrogens with zero attached hydrogens (tertiary/aromatic N) is 8. The van der Waals surface area contributed by atoms with Crippen molar-refractivity contribution in [3.8, 4) is 90.8 Å². The van der Waals surface area contributed by atoms with Crippen molar-refractivity contribution in [1.29, 1.82) is 0 Å². The fourth-order valence-electron chi connectivity index (χ4n) is 19.1. The van der Waals surface area contributed by atoms with Crippen LogP contribution in [0.25, 0.3) is 90.8 Å². The molecule has 4 aliphatic carbocycles. The zero-order valence-corrected chi connectivity index (χ0v) is 79.1. The molecule has 26 heteroatoms. The smallest absolute Gasteiger partial charge is 0.291 e. The molecule has 4 aliphatic rings. The summed E-state index contributed by atoms with van der Waals surface area (Å²) in [5.41, 5.74) is 18.0.